The average Bonchev–Trinajstić information content (AvgIpc) is 3.26. The van der Waals surface area contributed by atoms with Crippen LogP contribution in [0.2, 0.25) is 0 Å². The summed E-state index contributed by atoms with van der Waals surface area (Å²) in [5.41, 5.74) is 0. The molecule has 0 unspecified atom stereocenters. The van der Waals surface area contributed by atoms with Crippen molar-refractivity contribution in [3.63, 3.8) is 0 Å². The Kier molecular flexibility index (Phi) is 5.82. The fourth-order valence-electron chi connectivity index (χ4n) is 2.67. The summed E-state index contributed by atoms with van der Waals surface area (Å²) in [7, 11) is 1.99. The fraction of sp³-hybridized carbons (Fsp3) is 0.588. The summed E-state index contributed by atoms with van der Waals surface area (Å²) >= 11 is 1.60. The van der Waals surface area contributed by atoms with E-state index in [9.17, 15) is 4.79 Å². The maximum atomic E-state index is 12.3. The number of likely N-dealkylation sites (N-methyl/N-ethyl adjacent to an activating group) is 1. The van der Waals surface area contributed by atoms with Gasteiger partial charge >= 0.3 is 0 Å². The molecular formula is C17H25N5O2S. The van der Waals surface area contributed by atoms with Crippen LogP contribution in [0.25, 0.3) is 10.7 Å². The van der Waals surface area contributed by atoms with E-state index in [2.05, 4.69) is 33.8 Å². The zero-order valence-electron chi connectivity index (χ0n) is 15.0. The van der Waals surface area contributed by atoms with Crippen molar-refractivity contribution in [3.05, 3.63) is 23.4 Å². The zero-order chi connectivity index (χ0) is 17.8. The van der Waals surface area contributed by atoms with Crippen molar-refractivity contribution in [1.82, 2.24) is 24.8 Å². The molecule has 0 saturated carbocycles. The minimum absolute atomic E-state index is 0.202. The molecule has 7 nitrogen and oxygen atoms in total. The van der Waals surface area contributed by atoms with Gasteiger partial charge in [-0.25, -0.2) is 0 Å². The van der Waals surface area contributed by atoms with Crippen LogP contribution in [0.3, 0.4) is 0 Å². The number of rotatable bonds is 6. The van der Waals surface area contributed by atoms with Gasteiger partial charge < -0.3 is 9.42 Å². The van der Waals surface area contributed by atoms with E-state index in [-0.39, 0.29) is 5.91 Å². The van der Waals surface area contributed by atoms with Crippen molar-refractivity contribution >= 4 is 17.2 Å². The van der Waals surface area contributed by atoms with Crippen molar-refractivity contribution in [2.24, 2.45) is 0 Å². The number of amides is 1. The van der Waals surface area contributed by atoms with E-state index in [1.807, 2.05) is 29.5 Å². The van der Waals surface area contributed by atoms with Crippen LogP contribution in [0.4, 0.5) is 0 Å². The number of carbonyl (C=O) groups excluding carboxylic acids is 1. The lowest BCUT2D eigenvalue weighted by molar-refractivity contribution is -0.134. The Hall–Kier alpha value is -1.77. The van der Waals surface area contributed by atoms with E-state index in [0.29, 0.717) is 30.8 Å². The van der Waals surface area contributed by atoms with Crippen LogP contribution in [0.1, 0.15) is 19.7 Å². The van der Waals surface area contributed by atoms with E-state index in [0.717, 1.165) is 31.1 Å². The van der Waals surface area contributed by atoms with Gasteiger partial charge in [-0.1, -0.05) is 11.2 Å². The normalized spacial score (nSPS) is 16.1. The molecule has 2 aromatic heterocycles. The minimum atomic E-state index is 0.202. The molecule has 1 saturated heterocycles. The highest BCUT2D eigenvalue weighted by Crippen LogP contribution is 2.21. The Morgan fingerprint density at radius 3 is 2.76 bits per heavy atom. The zero-order valence-corrected chi connectivity index (χ0v) is 15.8. The largest absolute Gasteiger partial charge is 0.339 e. The van der Waals surface area contributed by atoms with Gasteiger partial charge in [0.05, 0.1) is 18.0 Å². The highest BCUT2D eigenvalue weighted by molar-refractivity contribution is 7.13. The molecule has 0 aromatic carbocycles. The van der Waals surface area contributed by atoms with Crippen molar-refractivity contribution in [3.8, 4) is 10.7 Å². The highest BCUT2D eigenvalue weighted by Gasteiger charge is 2.23. The SMILES string of the molecule is CC(C)N(C)CC(=O)N1CCN(Cc2nc(-c3cccs3)no2)CC1. The number of thiophene rings is 1. The Labute approximate surface area is 152 Å². The summed E-state index contributed by atoms with van der Waals surface area (Å²) in [5.74, 6) is 1.48. The van der Waals surface area contributed by atoms with Crippen LogP contribution < -0.4 is 0 Å². The predicted molar refractivity (Wildman–Crippen MR) is 97.2 cm³/mol. The van der Waals surface area contributed by atoms with Gasteiger partial charge in [0.2, 0.25) is 17.6 Å². The second-order valence-corrected chi connectivity index (χ2v) is 7.60. The van der Waals surface area contributed by atoms with Gasteiger partial charge in [-0.2, -0.15) is 4.98 Å². The first kappa shape index (κ1) is 18.0. The summed E-state index contributed by atoms with van der Waals surface area (Å²) in [6, 6.07) is 4.33. The van der Waals surface area contributed by atoms with Crippen LogP contribution in [-0.4, -0.2) is 76.6 Å². The number of nitrogens with zero attached hydrogens (tertiary/aromatic N) is 5. The molecule has 0 N–H and O–H groups in total. The van der Waals surface area contributed by atoms with Gasteiger partial charge in [0.15, 0.2) is 0 Å². The first-order valence-electron chi connectivity index (χ1n) is 8.60. The summed E-state index contributed by atoms with van der Waals surface area (Å²) in [5, 5.41) is 6.04. The third-order valence-electron chi connectivity index (χ3n) is 4.56. The van der Waals surface area contributed by atoms with Gasteiger partial charge in [0.25, 0.3) is 0 Å². The molecule has 3 rings (SSSR count). The number of carbonyl (C=O) groups is 1. The van der Waals surface area contributed by atoms with Crippen LogP contribution in [0.5, 0.6) is 0 Å². The molecule has 2 aromatic rings. The molecule has 1 aliphatic rings. The molecule has 0 atom stereocenters. The fourth-order valence-corrected chi connectivity index (χ4v) is 3.32. The molecule has 0 radical (unpaired) electrons. The van der Waals surface area contributed by atoms with Crippen molar-refractivity contribution in [1.29, 1.82) is 0 Å². The van der Waals surface area contributed by atoms with E-state index in [1.54, 1.807) is 11.3 Å². The summed E-state index contributed by atoms with van der Waals surface area (Å²) in [6.45, 7) is 8.45. The molecule has 25 heavy (non-hydrogen) atoms. The van der Waals surface area contributed by atoms with Gasteiger partial charge in [0, 0.05) is 32.2 Å². The van der Waals surface area contributed by atoms with Crippen molar-refractivity contribution in [2.75, 3.05) is 39.8 Å². The van der Waals surface area contributed by atoms with E-state index < -0.39 is 0 Å². The molecule has 0 aliphatic carbocycles. The second kappa shape index (κ2) is 8.07. The molecule has 3 heterocycles. The molecular weight excluding hydrogens is 338 g/mol. The lowest BCUT2D eigenvalue weighted by Crippen LogP contribution is -2.51. The minimum Gasteiger partial charge on any atom is -0.339 e. The van der Waals surface area contributed by atoms with Gasteiger partial charge in [0.1, 0.15) is 0 Å². The maximum absolute atomic E-state index is 12.3. The van der Waals surface area contributed by atoms with Crippen molar-refractivity contribution in [2.45, 2.75) is 26.4 Å². The summed E-state index contributed by atoms with van der Waals surface area (Å²) < 4.78 is 5.36. The number of piperazine rings is 1. The Morgan fingerprint density at radius 1 is 1.36 bits per heavy atom. The number of aromatic nitrogens is 2. The van der Waals surface area contributed by atoms with Crippen LogP contribution in [0.15, 0.2) is 22.0 Å². The molecule has 1 fully saturated rings. The van der Waals surface area contributed by atoms with Crippen LogP contribution in [-0.2, 0) is 11.3 Å². The molecule has 0 bridgehead atoms. The van der Waals surface area contributed by atoms with E-state index in [1.165, 1.54) is 0 Å². The number of hydrogen-bond acceptors (Lipinski definition) is 7. The van der Waals surface area contributed by atoms with Gasteiger partial charge in [-0.05, 0) is 32.3 Å². The maximum Gasteiger partial charge on any atom is 0.241 e. The molecule has 1 amide bonds. The Bertz CT molecular complexity index is 677. The lowest BCUT2D eigenvalue weighted by atomic mass is 10.3. The highest BCUT2D eigenvalue weighted by atomic mass is 32.1. The van der Waals surface area contributed by atoms with Crippen LogP contribution >= 0.6 is 11.3 Å². The Balaban J connectivity index is 1.47. The number of hydrogen-bond donors (Lipinski definition) is 0. The molecule has 0 spiro atoms. The molecule has 1 aliphatic heterocycles. The van der Waals surface area contributed by atoms with Crippen LogP contribution in [0, 0.1) is 0 Å². The first-order chi connectivity index (χ1) is 12.0. The second-order valence-electron chi connectivity index (χ2n) is 6.65. The smallest absolute Gasteiger partial charge is 0.241 e. The first-order valence-corrected chi connectivity index (χ1v) is 9.47. The predicted octanol–water partition coefficient (Wildman–Crippen LogP) is 1.78. The van der Waals surface area contributed by atoms with Gasteiger partial charge in [-0.3, -0.25) is 14.6 Å². The standard InChI is InChI=1S/C17H25N5O2S/c1-13(2)20(3)12-16(23)22-8-6-21(7-9-22)11-15-18-17(19-24-15)14-5-4-10-25-14/h4-5,10,13H,6-9,11-12H2,1-3H3. The molecule has 8 heteroatoms. The Morgan fingerprint density at radius 2 is 2.12 bits per heavy atom. The van der Waals surface area contributed by atoms with E-state index >= 15 is 0 Å². The van der Waals surface area contributed by atoms with Crippen molar-refractivity contribution < 1.29 is 9.32 Å². The lowest BCUT2D eigenvalue weighted by Gasteiger charge is -2.35. The van der Waals surface area contributed by atoms with Gasteiger partial charge in [-0.15, -0.1) is 11.3 Å². The molecule has 136 valence electrons. The van der Waals surface area contributed by atoms with E-state index in [4.69, 9.17) is 4.52 Å². The average molecular weight is 363 g/mol. The monoisotopic (exact) mass is 363 g/mol. The third-order valence-corrected chi connectivity index (χ3v) is 5.43. The topological polar surface area (TPSA) is 65.7 Å². The summed E-state index contributed by atoms with van der Waals surface area (Å²) in [4.78, 5) is 24.1. The third kappa shape index (κ3) is 4.65. The quantitative estimate of drug-likeness (QED) is 0.779. The summed E-state index contributed by atoms with van der Waals surface area (Å²) in [6.07, 6.45) is 0.